The van der Waals surface area contributed by atoms with Gasteiger partial charge in [0.2, 0.25) is 5.91 Å². The third kappa shape index (κ3) is 4.96. The average Bonchev–Trinajstić information content (AvgIpc) is 2.55. The van der Waals surface area contributed by atoms with Crippen LogP contribution in [0.2, 0.25) is 0 Å². The Hall–Kier alpha value is -1.56. The van der Waals surface area contributed by atoms with Gasteiger partial charge in [0.15, 0.2) is 0 Å². The zero-order valence-electron chi connectivity index (χ0n) is 13.0. The summed E-state index contributed by atoms with van der Waals surface area (Å²) in [6.45, 7) is 0.186. The molecule has 1 amide bonds. The number of carboxylic acid groups (broad SMARTS) is 1. The Morgan fingerprint density at radius 1 is 1.22 bits per heavy atom. The first-order valence-corrected chi connectivity index (χ1v) is 8.89. The van der Waals surface area contributed by atoms with E-state index < -0.39 is 11.4 Å². The summed E-state index contributed by atoms with van der Waals surface area (Å²) in [7, 11) is 0. The Balaban J connectivity index is 1.76. The number of nitrogens with one attached hydrogen (secondary N) is 1. The molecule has 1 aromatic rings. The molecule has 0 aliphatic heterocycles. The molecular formula is C17H22FNO3S. The van der Waals surface area contributed by atoms with Crippen molar-refractivity contribution >= 4 is 23.6 Å². The minimum Gasteiger partial charge on any atom is -0.481 e. The molecule has 1 aliphatic rings. The summed E-state index contributed by atoms with van der Waals surface area (Å²) in [5.74, 6) is -0.824. The number of benzene rings is 1. The van der Waals surface area contributed by atoms with Crippen molar-refractivity contribution in [2.24, 2.45) is 5.41 Å². The molecule has 0 bridgehead atoms. The van der Waals surface area contributed by atoms with E-state index in [1.165, 1.54) is 17.8 Å². The molecule has 1 aliphatic carbocycles. The van der Waals surface area contributed by atoms with E-state index in [9.17, 15) is 19.1 Å². The van der Waals surface area contributed by atoms with Crippen molar-refractivity contribution in [3.8, 4) is 0 Å². The van der Waals surface area contributed by atoms with Gasteiger partial charge < -0.3 is 10.4 Å². The number of hydrogen-bond acceptors (Lipinski definition) is 3. The van der Waals surface area contributed by atoms with Crippen molar-refractivity contribution in [3.05, 3.63) is 30.1 Å². The summed E-state index contributed by atoms with van der Waals surface area (Å²) in [6, 6.07) is 6.45. The van der Waals surface area contributed by atoms with Crippen LogP contribution in [0.25, 0.3) is 0 Å². The smallest absolute Gasteiger partial charge is 0.311 e. The molecule has 0 atom stereocenters. The number of rotatable bonds is 7. The number of amides is 1. The lowest BCUT2D eigenvalue weighted by molar-refractivity contribution is -0.151. The Labute approximate surface area is 139 Å². The summed E-state index contributed by atoms with van der Waals surface area (Å²) in [5.41, 5.74) is -0.813. The lowest BCUT2D eigenvalue weighted by Gasteiger charge is -2.33. The van der Waals surface area contributed by atoms with E-state index in [0.717, 1.165) is 19.3 Å². The number of aliphatic carboxylic acids is 1. The maximum Gasteiger partial charge on any atom is 0.311 e. The molecule has 0 aromatic heterocycles. The van der Waals surface area contributed by atoms with Crippen molar-refractivity contribution in [3.63, 3.8) is 0 Å². The molecule has 0 heterocycles. The van der Waals surface area contributed by atoms with Gasteiger partial charge in [0.25, 0.3) is 0 Å². The lowest BCUT2D eigenvalue weighted by Crippen LogP contribution is -2.44. The topological polar surface area (TPSA) is 66.4 Å². The van der Waals surface area contributed by atoms with Gasteiger partial charge in [-0.25, -0.2) is 4.39 Å². The van der Waals surface area contributed by atoms with Crippen LogP contribution < -0.4 is 5.32 Å². The van der Waals surface area contributed by atoms with Crippen LogP contribution in [0.15, 0.2) is 29.2 Å². The van der Waals surface area contributed by atoms with Gasteiger partial charge in [0.1, 0.15) is 5.82 Å². The van der Waals surface area contributed by atoms with E-state index in [1.54, 1.807) is 18.2 Å². The lowest BCUT2D eigenvalue weighted by atomic mass is 9.74. The molecule has 2 rings (SSSR count). The van der Waals surface area contributed by atoms with Gasteiger partial charge in [-0.15, -0.1) is 11.8 Å². The summed E-state index contributed by atoms with van der Waals surface area (Å²) >= 11 is 1.29. The number of carboxylic acids is 1. The highest BCUT2D eigenvalue weighted by Crippen LogP contribution is 2.36. The van der Waals surface area contributed by atoms with E-state index in [4.69, 9.17) is 0 Å². The summed E-state index contributed by atoms with van der Waals surface area (Å²) in [6.07, 6.45) is 4.33. The second-order valence-corrected chi connectivity index (χ2v) is 7.09. The van der Waals surface area contributed by atoms with E-state index >= 15 is 0 Å². The number of hydrogen-bond donors (Lipinski definition) is 2. The van der Waals surface area contributed by atoms with Crippen molar-refractivity contribution in [2.45, 2.75) is 43.4 Å². The van der Waals surface area contributed by atoms with E-state index in [0.29, 0.717) is 23.5 Å². The van der Waals surface area contributed by atoms with Crippen LogP contribution in [-0.2, 0) is 9.59 Å². The van der Waals surface area contributed by atoms with Gasteiger partial charge in [-0.3, -0.25) is 9.59 Å². The SMILES string of the molecule is O=C(CCSc1ccccc1F)NCC1(C(=O)O)CCCCC1. The fourth-order valence-corrected chi connectivity index (χ4v) is 3.75. The molecular weight excluding hydrogens is 317 g/mol. The van der Waals surface area contributed by atoms with Gasteiger partial charge in [-0.1, -0.05) is 31.4 Å². The molecule has 0 radical (unpaired) electrons. The summed E-state index contributed by atoms with van der Waals surface area (Å²) < 4.78 is 13.5. The van der Waals surface area contributed by atoms with Crippen LogP contribution in [0.3, 0.4) is 0 Å². The van der Waals surface area contributed by atoms with Crippen LogP contribution in [0.1, 0.15) is 38.5 Å². The third-order valence-electron chi connectivity index (χ3n) is 4.31. The van der Waals surface area contributed by atoms with Gasteiger partial charge in [0, 0.05) is 23.6 Å². The Morgan fingerprint density at radius 2 is 1.91 bits per heavy atom. The molecule has 1 saturated carbocycles. The minimum absolute atomic E-state index is 0.181. The quantitative estimate of drug-likeness (QED) is 0.747. The van der Waals surface area contributed by atoms with Crippen LogP contribution in [0, 0.1) is 11.2 Å². The second kappa shape index (κ2) is 8.34. The van der Waals surface area contributed by atoms with E-state index in [1.807, 2.05) is 0 Å². The predicted molar refractivity (Wildman–Crippen MR) is 87.9 cm³/mol. The highest BCUT2D eigenvalue weighted by Gasteiger charge is 2.39. The second-order valence-electron chi connectivity index (χ2n) is 5.95. The zero-order valence-corrected chi connectivity index (χ0v) is 13.8. The third-order valence-corrected chi connectivity index (χ3v) is 5.36. The fraction of sp³-hybridized carbons (Fsp3) is 0.529. The first kappa shape index (κ1) is 17.8. The number of carbonyl (C=O) groups is 2. The van der Waals surface area contributed by atoms with Crippen LogP contribution in [0.4, 0.5) is 4.39 Å². The van der Waals surface area contributed by atoms with E-state index in [-0.39, 0.29) is 24.7 Å². The highest BCUT2D eigenvalue weighted by molar-refractivity contribution is 7.99. The van der Waals surface area contributed by atoms with Crippen LogP contribution in [0.5, 0.6) is 0 Å². The van der Waals surface area contributed by atoms with E-state index in [2.05, 4.69) is 5.32 Å². The normalized spacial score (nSPS) is 16.7. The maximum atomic E-state index is 13.5. The van der Waals surface area contributed by atoms with Crippen LogP contribution >= 0.6 is 11.8 Å². The first-order chi connectivity index (χ1) is 11.0. The molecule has 0 spiro atoms. The highest BCUT2D eigenvalue weighted by atomic mass is 32.2. The van der Waals surface area contributed by atoms with Crippen molar-refractivity contribution in [2.75, 3.05) is 12.3 Å². The van der Waals surface area contributed by atoms with Crippen LogP contribution in [-0.4, -0.2) is 29.3 Å². The first-order valence-electron chi connectivity index (χ1n) is 7.91. The molecule has 1 fully saturated rings. The predicted octanol–water partition coefficient (Wildman–Crippen LogP) is 3.46. The monoisotopic (exact) mass is 339 g/mol. The maximum absolute atomic E-state index is 13.5. The molecule has 4 nitrogen and oxygen atoms in total. The molecule has 6 heteroatoms. The summed E-state index contributed by atoms with van der Waals surface area (Å²) in [5, 5.41) is 12.2. The van der Waals surface area contributed by atoms with Crippen molar-refractivity contribution in [1.29, 1.82) is 0 Å². The zero-order chi connectivity index (χ0) is 16.7. The molecule has 0 unspecified atom stereocenters. The largest absolute Gasteiger partial charge is 0.481 e. The Kier molecular flexibility index (Phi) is 6.45. The Morgan fingerprint density at radius 3 is 2.57 bits per heavy atom. The Bertz CT molecular complexity index is 559. The minimum atomic E-state index is -0.821. The molecule has 126 valence electrons. The summed E-state index contributed by atoms with van der Waals surface area (Å²) in [4.78, 5) is 24.0. The molecule has 23 heavy (non-hydrogen) atoms. The molecule has 0 saturated heterocycles. The molecule has 1 aromatic carbocycles. The number of halogens is 1. The van der Waals surface area contributed by atoms with Crippen molar-refractivity contribution in [1.82, 2.24) is 5.32 Å². The van der Waals surface area contributed by atoms with Gasteiger partial charge in [-0.2, -0.15) is 0 Å². The standard InChI is InChI=1S/C17H22FNO3S/c18-13-6-2-3-7-14(13)23-11-8-15(20)19-12-17(16(21)22)9-4-1-5-10-17/h2-3,6-7H,1,4-5,8-12H2,(H,19,20)(H,21,22). The number of carbonyl (C=O) groups excluding carboxylic acids is 1. The van der Waals surface area contributed by atoms with Crippen molar-refractivity contribution < 1.29 is 19.1 Å². The average molecular weight is 339 g/mol. The van der Waals surface area contributed by atoms with Gasteiger partial charge in [0.05, 0.1) is 5.41 Å². The van der Waals surface area contributed by atoms with Gasteiger partial charge in [-0.05, 0) is 25.0 Å². The van der Waals surface area contributed by atoms with Gasteiger partial charge >= 0.3 is 5.97 Å². The number of thioether (sulfide) groups is 1. The molecule has 2 N–H and O–H groups in total. The fourth-order valence-electron chi connectivity index (χ4n) is 2.87.